The van der Waals surface area contributed by atoms with Crippen molar-refractivity contribution in [1.29, 1.82) is 0 Å². The predicted octanol–water partition coefficient (Wildman–Crippen LogP) is 5.53. The first-order valence-corrected chi connectivity index (χ1v) is 18.0. The van der Waals surface area contributed by atoms with Crippen molar-refractivity contribution < 1.29 is 43.1 Å². The topological polar surface area (TPSA) is 142 Å². The van der Waals surface area contributed by atoms with Gasteiger partial charge in [0.15, 0.2) is 11.5 Å². The van der Waals surface area contributed by atoms with Crippen molar-refractivity contribution in [1.82, 2.24) is 15.0 Å². The maximum Gasteiger partial charge on any atom is 0.306 e. The van der Waals surface area contributed by atoms with Crippen LogP contribution in [0.15, 0.2) is 53.6 Å². The molecule has 3 unspecified atom stereocenters. The van der Waals surface area contributed by atoms with Crippen LogP contribution in [0.2, 0.25) is 0 Å². The highest BCUT2D eigenvalue weighted by Gasteiger charge is 2.59. The van der Waals surface area contributed by atoms with Crippen molar-refractivity contribution in [2.75, 3.05) is 14.2 Å². The summed E-state index contributed by atoms with van der Waals surface area (Å²) in [5, 5.41) is 32.4. The number of carbonyl (C=O) groups excluding carboxylic acids is 2. The lowest BCUT2D eigenvalue weighted by molar-refractivity contribution is -0.152. The number of ether oxygens (including phenoxy) is 4. The molecule has 12 heteroatoms. The van der Waals surface area contributed by atoms with Crippen molar-refractivity contribution in [3.8, 4) is 11.3 Å². The molecule has 1 aliphatic heterocycles. The maximum absolute atomic E-state index is 14.1. The number of rotatable bonds is 8. The van der Waals surface area contributed by atoms with E-state index in [0.29, 0.717) is 41.9 Å². The van der Waals surface area contributed by atoms with Gasteiger partial charge in [-0.15, -0.1) is 5.10 Å². The van der Waals surface area contributed by atoms with Crippen LogP contribution in [0.25, 0.3) is 11.3 Å². The first-order valence-electron chi connectivity index (χ1n) is 18.0. The molecule has 0 bridgehead atoms. The standard InChI is InChI=1S/C38H50FN3O8/c1-6-24-10-8-7-9-20(2)35(44)30-17-27-26-15-25(50-38(46)37(48-5)21(3)47-4)16-29(26)34(36(45)33(27)28(30)18-32(43)49-24)42-19-31(40-41-42)22-11-13-23(39)14-12-22/h11-14,17,19-20,24-29,33-34,36,38,45-46H,6-10,15-16,18H2,1-5H3/b37-21+/t20-,24+,25+,26+,27?,28-,29-,33-,34?,36?,38+/m1/s1. The van der Waals surface area contributed by atoms with Crippen LogP contribution in [0.4, 0.5) is 4.39 Å². The van der Waals surface area contributed by atoms with Crippen molar-refractivity contribution in [3.63, 3.8) is 0 Å². The van der Waals surface area contributed by atoms with E-state index in [1.165, 1.54) is 26.4 Å². The molecule has 6 rings (SSSR count). The van der Waals surface area contributed by atoms with E-state index >= 15 is 0 Å². The van der Waals surface area contributed by atoms with E-state index in [0.717, 1.165) is 25.7 Å². The number of ketones is 1. The van der Waals surface area contributed by atoms with Crippen LogP contribution in [0.1, 0.15) is 78.2 Å². The van der Waals surface area contributed by atoms with Gasteiger partial charge >= 0.3 is 5.97 Å². The summed E-state index contributed by atoms with van der Waals surface area (Å²) < 4.78 is 38.2. The summed E-state index contributed by atoms with van der Waals surface area (Å²) in [5.41, 5.74) is 1.81. The summed E-state index contributed by atoms with van der Waals surface area (Å²) in [6, 6.07) is 5.40. The summed E-state index contributed by atoms with van der Waals surface area (Å²) in [5.74, 6) is -1.81. The van der Waals surface area contributed by atoms with E-state index in [2.05, 4.69) is 10.3 Å². The molecule has 1 aromatic heterocycles. The molecule has 3 fully saturated rings. The number of Topliss-reactive ketones (excluding diaryl/α,β-unsaturated/α-hetero) is 1. The normalized spacial score (nSPS) is 34.2. The molecule has 0 amide bonds. The van der Waals surface area contributed by atoms with Crippen molar-refractivity contribution in [2.24, 2.45) is 35.5 Å². The molecule has 2 saturated carbocycles. The Bertz CT molecular complexity index is 1590. The van der Waals surface area contributed by atoms with Crippen LogP contribution in [0.3, 0.4) is 0 Å². The monoisotopic (exact) mass is 695 g/mol. The number of carbonyl (C=O) groups is 2. The van der Waals surface area contributed by atoms with Crippen LogP contribution in [0.5, 0.6) is 0 Å². The molecule has 0 spiro atoms. The third kappa shape index (κ3) is 7.11. The summed E-state index contributed by atoms with van der Waals surface area (Å²) in [6.45, 7) is 5.65. The number of aromatic nitrogens is 3. The van der Waals surface area contributed by atoms with Gasteiger partial charge in [-0.05, 0) is 93.0 Å². The fourth-order valence-electron chi connectivity index (χ4n) is 9.07. The van der Waals surface area contributed by atoms with Gasteiger partial charge in [0, 0.05) is 23.3 Å². The van der Waals surface area contributed by atoms with Gasteiger partial charge in [-0.3, -0.25) is 9.59 Å². The Kier molecular flexibility index (Phi) is 11.1. The molecule has 1 saturated heterocycles. The number of hydrogen-bond donors (Lipinski definition) is 2. The second kappa shape index (κ2) is 15.3. The van der Waals surface area contributed by atoms with Crippen LogP contribution in [0, 0.1) is 41.3 Å². The fraction of sp³-hybridized carbons (Fsp3) is 0.632. The molecule has 11 nitrogen and oxygen atoms in total. The number of fused-ring (bicyclic) bond motifs is 5. The zero-order valence-electron chi connectivity index (χ0n) is 29.5. The number of benzene rings is 1. The number of hydrogen-bond acceptors (Lipinski definition) is 10. The van der Waals surface area contributed by atoms with Crippen molar-refractivity contribution >= 4 is 11.8 Å². The summed E-state index contributed by atoms with van der Waals surface area (Å²) in [7, 11) is 2.93. The van der Waals surface area contributed by atoms with E-state index in [4.69, 9.17) is 18.9 Å². The molecule has 272 valence electrons. The molecule has 3 aliphatic carbocycles. The number of aliphatic hydroxyl groups excluding tert-OH is 2. The van der Waals surface area contributed by atoms with E-state index in [1.54, 1.807) is 29.9 Å². The smallest absolute Gasteiger partial charge is 0.306 e. The molecule has 50 heavy (non-hydrogen) atoms. The summed E-state index contributed by atoms with van der Waals surface area (Å²) in [6.07, 6.45) is 5.81. The van der Waals surface area contributed by atoms with Crippen LogP contribution in [-0.2, 0) is 28.5 Å². The third-order valence-electron chi connectivity index (χ3n) is 11.6. The highest BCUT2D eigenvalue weighted by molar-refractivity contribution is 5.98. The van der Waals surface area contributed by atoms with Gasteiger partial charge in [-0.2, -0.15) is 0 Å². The molecule has 0 radical (unpaired) electrons. The highest BCUT2D eigenvalue weighted by atomic mass is 19.1. The Labute approximate surface area is 292 Å². The molecule has 2 aromatic rings. The lowest BCUT2D eigenvalue weighted by Gasteiger charge is -2.46. The molecular weight excluding hydrogens is 645 g/mol. The average Bonchev–Trinajstić information content (AvgIpc) is 3.84. The van der Waals surface area contributed by atoms with E-state index in [1.807, 2.05) is 19.9 Å². The first-order chi connectivity index (χ1) is 24.0. The van der Waals surface area contributed by atoms with Gasteiger partial charge in [-0.1, -0.05) is 31.6 Å². The Hall–Kier alpha value is -3.61. The third-order valence-corrected chi connectivity index (χ3v) is 11.6. The second-order valence-corrected chi connectivity index (χ2v) is 14.5. The lowest BCUT2D eigenvalue weighted by atomic mass is 9.62. The van der Waals surface area contributed by atoms with Crippen LogP contribution < -0.4 is 0 Å². The van der Waals surface area contributed by atoms with Gasteiger partial charge in [0.2, 0.25) is 6.29 Å². The van der Waals surface area contributed by atoms with Crippen LogP contribution in [-0.4, -0.2) is 75.8 Å². The maximum atomic E-state index is 14.1. The van der Waals surface area contributed by atoms with Gasteiger partial charge in [0.25, 0.3) is 0 Å². The minimum Gasteiger partial charge on any atom is -0.498 e. The van der Waals surface area contributed by atoms with Gasteiger partial charge in [0.1, 0.15) is 23.4 Å². The summed E-state index contributed by atoms with van der Waals surface area (Å²) in [4.78, 5) is 27.6. The predicted molar refractivity (Wildman–Crippen MR) is 180 cm³/mol. The Morgan fingerprint density at radius 1 is 1.10 bits per heavy atom. The average molecular weight is 696 g/mol. The SMILES string of the molecule is CC[C@H]1CCCC[C@@H](C)C(=O)C2=CC3[C@@H](C(O)C(n4cc(-c5ccc(F)cc5)nn4)[C@@H]4C[C@@H](O[C@H](O)/C(OC)=C(/C)OC)C[C@@H]34)[C@@H]2CC(=O)O1. The zero-order chi connectivity index (χ0) is 35.7. The molecular formula is C38H50FN3O8. The van der Waals surface area contributed by atoms with Gasteiger partial charge < -0.3 is 29.2 Å². The number of methoxy groups -OCH3 is 2. The Morgan fingerprint density at radius 2 is 1.82 bits per heavy atom. The molecule has 2 N–H and O–H groups in total. The quantitative estimate of drug-likeness (QED) is 0.206. The molecule has 1 aromatic carbocycles. The minimum absolute atomic E-state index is 0.00174. The number of halogens is 1. The highest BCUT2D eigenvalue weighted by Crippen LogP contribution is 2.59. The van der Waals surface area contributed by atoms with Crippen molar-refractivity contribution in [2.45, 2.75) is 103 Å². The zero-order valence-corrected chi connectivity index (χ0v) is 29.5. The fourth-order valence-corrected chi connectivity index (χ4v) is 9.07. The number of allylic oxidation sites excluding steroid dienone is 3. The molecule has 2 heterocycles. The number of aliphatic hydroxyl groups is 2. The van der Waals surface area contributed by atoms with Crippen LogP contribution >= 0.6 is 0 Å². The number of cyclic esters (lactones) is 1. The largest absolute Gasteiger partial charge is 0.498 e. The first kappa shape index (κ1) is 36.2. The molecule has 4 aliphatic rings. The van der Waals surface area contributed by atoms with Crippen molar-refractivity contribution in [3.05, 3.63) is 59.4 Å². The lowest BCUT2D eigenvalue weighted by Crippen LogP contribution is -2.49. The number of nitrogens with zero attached hydrogens (tertiary/aromatic N) is 3. The van der Waals surface area contributed by atoms with E-state index in [-0.39, 0.29) is 59.5 Å². The van der Waals surface area contributed by atoms with E-state index in [9.17, 15) is 24.2 Å². The summed E-state index contributed by atoms with van der Waals surface area (Å²) >= 11 is 0. The number of esters is 1. The Morgan fingerprint density at radius 3 is 2.52 bits per heavy atom. The van der Waals surface area contributed by atoms with Gasteiger partial charge in [0.05, 0.1) is 45.1 Å². The van der Waals surface area contributed by atoms with Gasteiger partial charge in [-0.25, -0.2) is 9.07 Å². The Balaban J connectivity index is 1.38. The second-order valence-electron chi connectivity index (χ2n) is 14.5. The molecule has 11 atom stereocenters. The van der Waals surface area contributed by atoms with E-state index < -0.39 is 36.4 Å². The minimum atomic E-state index is -1.37.